The van der Waals surface area contributed by atoms with E-state index in [9.17, 15) is 9.18 Å². The van der Waals surface area contributed by atoms with Crippen molar-refractivity contribution in [3.8, 4) is 0 Å². The molecule has 8 heteroatoms. The Bertz CT molecular complexity index is 864. The molecular formula is C23H31FIN5O. The summed E-state index contributed by atoms with van der Waals surface area (Å²) < 4.78 is 13.2. The van der Waals surface area contributed by atoms with Crippen molar-refractivity contribution in [3.05, 3.63) is 66.0 Å². The lowest BCUT2D eigenvalue weighted by atomic mass is 9.97. The van der Waals surface area contributed by atoms with Gasteiger partial charge < -0.3 is 16.0 Å². The number of piperidine rings is 1. The van der Waals surface area contributed by atoms with Crippen LogP contribution in [0.4, 0.5) is 10.1 Å². The number of halogens is 2. The maximum Gasteiger partial charge on any atom is 0.243 e. The van der Waals surface area contributed by atoms with Crippen molar-refractivity contribution in [3.63, 3.8) is 0 Å². The number of carbonyl (C=O) groups excluding carboxylic acids is 1. The molecule has 1 saturated heterocycles. The average Bonchev–Trinajstić information content (AvgIpc) is 2.74. The Morgan fingerprint density at radius 3 is 2.65 bits per heavy atom. The number of nitrogens with zero attached hydrogens (tertiary/aromatic N) is 2. The van der Waals surface area contributed by atoms with Crippen molar-refractivity contribution in [1.82, 2.24) is 15.5 Å². The first kappa shape index (κ1) is 25.1. The number of rotatable bonds is 6. The van der Waals surface area contributed by atoms with Crippen LogP contribution in [0.2, 0.25) is 0 Å². The molecule has 1 heterocycles. The van der Waals surface area contributed by atoms with Gasteiger partial charge in [0.15, 0.2) is 5.96 Å². The van der Waals surface area contributed by atoms with Gasteiger partial charge in [-0.05, 0) is 43.5 Å². The molecule has 31 heavy (non-hydrogen) atoms. The highest BCUT2D eigenvalue weighted by Gasteiger charge is 2.26. The quantitative estimate of drug-likeness (QED) is 0.298. The van der Waals surface area contributed by atoms with E-state index in [4.69, 9.17) is 0 Å². The third-order valence-electron chi connectivity index (χ3n) is 5.33. The molecule has 1 aliphatic rings. The minimum atomic E-state index is -0.383. The zero-order chi connectivity index (χ0) is 21.3. The number of likely N-dealkylation sites (tertiary alicyclic amines) is 1. The molecule has 2 aromatic carbocycles. The molecular weight excluding hydrogens is 508 g/mol. The summed E-state index contributed by atoms with van der Waals surface area (Å²) in [5, 5.41) is 9.13. The van der Waals surface area contributed by atoms with Crippen LogP contribution in [-0.4, -0.2) is 49.0 Å². The van der Waals surface area contributed by atoms with Gasteiger partial charge in [0.25, 0.3) is 0 Å². The Labute approximate surface area is 200 Å². The van der Waals surface area contributed by atoms with E-state index < -0.39 is 0 Å². The highest BCUT2D eigenvalue weighted by atomic mass is 127. The molecule has 1 aliphatic heterocycles. The van der Waals surface area contributed by atoms with Crippen LogP contribution < -0.4 is 16.0 Å². The molecule has 0 spiro atoms. The van der Waals surface area contributed by atoms with Crippen molar-refractivity contribution in [2.75, 3.05) is 25.5 Å². The largest absolute Gasteiger partial charge is 0.354 e. The van der Waals surface area contributed by atoms with Crippen LogP contribution in [0.1, 0.15) is 25.3 Å². The Morgan fingerprint density at radius 1 is 1.19 bits per heavy atom. The number of anilines is 1. The minimum absolute atomic E-state index is 0. The lowest BCUT2D eigenvalue weighted by Gasteiger charge is -2.38. The summed E-state index contributed by atoms with van der Waals surface area (Å²) in [6.07, 6.45) is 2.01. The lowest BCUT2D eigenvalue weighted by molar-refractivity contribution is -0.115. The summed E-state index contributed by atoms with van der Waals surface area (Å²) in [5.74, 6) is -0.0429. The molecule has 2 atom stereocenters. The van der Waals surface area contributed by atoms with E-state index in [-0.39, 0.29) is 42.2 Å². The smallest absolute Gasteiger partial charge is 0.243 e. The number of hydrogen-bond acceptors (Lipinski definition) is 3. The molecule has 6 nitrogen and oxygen atoms in total. The summed E-state index contributed by atoms with van der Waals surface area (Å²) >= 11 is 0. The lowest BCUT2D eigenvalue weighted by Crippen LogP contribution is -2.52. The molecule has 168 valence electrons. The highest BCUT2D eigenvalue weighted by molar-refractivity contribution is 14.0. The van der Waals surface area contributed by atoms with Crippen molar-refractivity contribution in [1.29, 1.82) is 0 Å². The molecule has 2 aromatic rings. The summed E-state index contributed by atoms with van der Waals surface area (Å²) in [7, 11) is 1.69. The molecule has 2 unspecified atom stereocenters. The maximum absolute atomic E-state index is 13.2. The Kier molecular flexibility index (Phi) is 10.2. The van der Waals surface area contributed by atoms with Gasteiger partial charge in [0.2, 0.25) is 5.91 Å². The van der Waals surface area contributed by atoms with E-state index in [1.54, 1.807) is 19.2 Å². The van der Waals surface area contributed by atoms with Gasteiger partial charge in [-0.1, -0.05) is 36.4 Å². The predicted molar refractivity (Wildman–Crippen MR) is 134 cm³/mol. The van der Waals surface area contributed by atoms with Crippen LogP contribution in [-0.2, 0) is 11.3 Å². The SMILES string of the molecule is CN=C(NCC(=O)Nc1cccc(F)c1)NC1CCN(Cc2ccccc2)C(C)C1.I. The fourth-order valence-corrected chi connectivity index (χ4v) is 3.73. The number of carbonyl (C=O) groups is 1. The van der Waals surface area contributed by atoms with Gasteiger partial charge in [-0.3, -0.25) is 14.7 Å². The van der Waals surface area contributed by atoms with Crippen molar-refractivity contribution in [2.24, 2.45) is 4.99 Å². The first-order chi connectivity index (χ1) is 14.5. The number of hydrogen-bond donors (Lipinski definition) is 3. The zero-order valence-corrected chi connectivity index (χ0v) is 20.3. The second kappa shape index (κ2) is 12.6. The van der Waals surface area contributed by atoms with Gasteiger partial charge in [0.1, 0.15) is 5.82 Å². The molecule has 0 aliphatic carbocycles. The van der Waals surface area contributed by atoms with Gasteiger partial charge in [0.05, 0.1) is 6.54 Å². The van der Waals surface area contributed by atoms with Gasteiger partial charge in [-0.15, -0.1) is 24.0 Å². The normalized spacial score (nSPS) is 19.3. The third-order valence-corrected chi connectivity index (χ3v) is 5.33. The topological polar surface area (TPSA) is 68.8 Å². The van der Waals surface area contributed by atoms with Crippen LogP contribution in [0.25, 0.3) is 0 Å². The van der Waals surface area contributed by atoms with Crippen molar-refractivity contribution in [2.45, 2.75) is 38.4 Å². The Morgan fingerprint density at radius 2 is 1.97 bits per heavy atom. The molecule has 3 rings (SSSR count). The van der Waals surface area contributed by atoms with Crippen LogP contribution >= 0.6 is 24.0 Å². The van der Waals surface area contributed by atoms with E-state index in [2.05, 4.69) is 57.0 Å². The second-order valence-corrected chi connectivity index (χ2v) is 7.66. The van der Waals surface area contributed by atoms with E-state index in [0.717, 1.165) is 25.9 Å². The minimum Gasteiger partial charge on any atom is -0.354 e. The molecule has 0 aromatic heterocycles. The Hall–Kier alpha value is -2.20. The Balaban J connectivity index is 0.00000341. The molecule has 1 amide bonds. The van der Waals surface area contributed by atoms with Crippen LogP contribution in [0.5, 0.6) is 0 Å². The van der Waals surface area contributed by atoms with Crippen LogP contribution in [0, 0.1) is 5.82 Å². The van der Waals surface area contributed by atoms with E-state index in [1.807, 2.05) is 6.07 Å². The van der Waals surface area contributed by atoms with Crippen molar-refractivity contribution >= 4 is 41.5 Å². The number of amides is 1. The van der Waals surface area contributed by atoms with E-state index in [0.29, 0.717) is 23.7 Å². The first-order valence-corrected chi connectivity index (χ1v) is 10.3. The first-order valence-electron chi connectivity index (χ1n) is 10.3. The van der Waals surface area contributed by atoms with Crippen LogP contribution in [0.15, 0.2) is 59.6 Å². The maximum atomic E-state index is 13.2. The van der Waals surface area contributed by atoms with Crippen molar-refractivity contribution < 1.29 is 9.18 Å². The summed E-state index contributed by atoms with van der Waals surface area (Å²) in [4.78, 5) is 18.8. The second-order valence-electron chi connectivity index (χ2n) is 7.66. The van der Waals surface area contributed by atoms with Crippen LogP contribution in [0.3, 0.4) is 0 Å². The average molecular weight is 539 g/mol. The predicted octanol–water partition coefficient (Wildman–Crippen LogP) is 3.60. The molecule has 0 bridgehead atoms. The number of benzene rings is 2. The zero-order valence-electron chi connectivity index (χ0n) is 18.0. The summed E-state index contributed by atoms with van der Waals surface area (Å²) in [5.41, 5.74) is 1.77. The molecule has 3 N–H and O–H groups in total. The summed E-state index contributed by atoms with van der Waals surface area (Å²) in [6.45, 7) is 4.27. The molecule has 1 fully saturated rings. The number of nitrogens with one attached hydrogen (secondary N) is 3. The summed E-state index contributed by atoms with van der Waals surface area (Å²) in [6, 6.07) is 17.1. The van der Waals surface area contributed by atoms with Gasteiger partial charge >= 0.3 is 0 Å². The van der Waals surface area contributed by atoms with E-state index >= 15 is 0 Å². The number of guanidine groups is 1. The van der Waals surface area contributed by atoms with E-state index in [1.165, 1.54) is 17.7 Å². The monoisotopic (exact) mass is 539 g/mol. The molecule has 0 saturated carbocycles. The van der Waals surface area contributed by atoms with Gasteiger partial charge in [0, 0.05) is 37.9 Å². The third kappa shape index (κ3) is 8.10. The number of aliphatic imine (C=N–C) groups is 1. The van der Waals surface area contributed by atoms with Gasteiger partial charge in [-0.25, -0.2) is 4.39 Å². The molecule has 0 radical (unpaired) electrons. The fraction of sp³-hybridized carbons (Fsp3) is 0.391. The van der Waals surface area contributed by atoms with Gasteiger partial charge in [-0.2, -0.15) is 0 Å². The fourth-order valence-electron chi connectivity index (χ4n) is 3.73. The standard InChI is InChI=1S/C23H30FN5O.HI/c1-17-13-21(11-12-29(17)16-18-7-4-3-5-8-18)28-23(25-2)26-15-22(30)27-20-10-6-9-19(24)14-20;/h3-10,14,17,21H,11-13,15-16H2,1-2H3,(H,27,30)(H2,25,26,28);1H. The highest BCUT2D eigenvalue weighted by Crippen LogP contribution is 2.20.